The van der Waals surface area contributed by atoms with Crippen LogP contribution < -0.4 is 5.32 Å². The van der Waals surface area contributed by atoms with E-state index >= 15 is 0 Å². The number of amides is 1. The van der Waals surface area contributed by atoms with Crippen molar-refractivity contribution in [2.75, 3.05) is 6.54 Å². The summed E-state index contributed by atoms with van der Waals surface area (Å²) in [6.45, 7) is 0.326. The number of aromatic nitrogens is 5. The van der Waals surface area contributed by atoms with Crippen molar-refractivity contribution in [3.05, 3.63) is 96.3 Å². The van der Waals surface area contributed by atoms with E-state index in [1.165, 1.54) is 0 Å². The van der Waals surface area contributed by atoms with Crippen LogP contribution in [0.1, 0.15) is 26.9 Å². The van der Waals surface area contributed by atoms with Gasteiger partial charge in [-0.3, -0.25) is 18.7 Å². The number of fused-ring (bicyclic) bond motifs is 3. The molecule has 9 heteroatoms. The number of nitrogens with one attached hydrogen (secondary N) is 1. The topological polar surface area (TPSA) is 107 Å². The summed E-state index contributed by atoms with van der Waals surface area (Å²) < 4.78 is 9.14. The largest absolute Gasteiger partial charge is 0.453 e. The monoisotopic (exact) mass is 464 g/mol. The number of pyridine rings is 1. The fourth-order valence-corrected chi connectivity index (χ4v) is 4.18. The van der Waals surface area contributed by atoms with Crippen LogP contribution in [-0.4, -0.2) is 42.6 Å². The SMILES string of the molecule is O=C(Cn1nc(C(=O)NCCc2nnc3ccccn23)c2ccccc21)c1cc2ccccc2o1. The Balaban J connectivity index is 1.21. The molecule has 0 fully saturated rings. The maximum Gasteiger partial charge on any atom is 0.272 e. The minimum atomic E-state index is -0.315. The summed E-state index contributed by atoms with van der Waals surface area (Å²) in [4.78, 5) is 26.0. The first-order chi connectivity index (χ1) is 17.2. The zero-order valence-electron chi connectivity index (χ0n) is 18.6. The van der Waals surface area contributed by atoms with Crippen LogP contribution in [0, 0.1) is 0 Å². The van der Waals surface area contributed by atoms with Gasteiger partial charge in [0, 0.05) is 29.9 Å². The molecule has 4 heterocycles. The second kappa shape index (κ2) is 8.53. The first kappa shape index (κ1) is 20.8. The molecule has 0 atom stereocenters. The molecule has 0 radical (unpaired) electrons. The zero-order chi connectivity index (χ0) is 23.8. The fraction of sp³-hybridized carbons (Fsp3) is 0.115. The molecular formula is C26H20N6O3. The lowest BCUT2D eigenvalue weighted by Crippen LogP contribution is -2.27. The van der Waals surface area contributed by atoms with Crippen molar-refractivity contribution in [3.8, 4) is 0 Å². The van der Waals surface area contributed by atoms with Crippen LogP contribution >= 0.6 is 0 Å². The van der Waals surface area contributed by atoms with Crippen LogP contribution in [0.5, 0.6) is 0 Å². The summed E-state index contributed by atoms with van der Waals surface area (Å²) in [6, 6.07) is 22.2. The van der Waals surface area contributed by atoms with Gasteiger partial charge in [-0.25, -0.2) is 0 Å². The smallest absolute Gasteiger partial charge is 0.272 e. The molecule has 35 heavy (non-hydrogen) atoms. The van der Waals surface area contributed by atoms with Crippen molar-refractivity contribution in [2.45, 2.75) is 13.0 Å². The first-order valence-electron chi connectivity index (χ1n) is 11.2. The highest BCUT2D eigenvalue weighted by molar-refractivity contribution is 6.05. The molecule has 0 spiro atoms. The lowest BCUT2D eigenvalue weighted by atomic mass is 10.2. The number of ketones is 1. The molecule has 6 aromatic rings. The van der Waals surface area contributed by atoms with E-state index in [2.05, 4.69) is 20.6 Å². The van der Waals surface area contributed by atoms with Crippen molar-refractivity contribution in [3.63, 3.8) is 0 Å². The molecule has 0 aliphatic carbocycles. The normalized spacial score (nSPS) is 11.4. The number of Topliss-reactive ketones (excluding diaryl/α,β-unsaturated/α-hetero) is 1. The molecule has 9 nitrogen and oxygen atoms in total. The van der Waals surface area contributed by atoms with E-state index in [0.717, 1.165) is 16.9 Å². The molecule has 2 aromatic carbocycles. The van der Waals surface area contributed by atoms with E-state index in [9.17, 15) is 9.59 Å². The highest BCUT2D eigenvalue weighted by atomic mass is 16.3. The third-order valence-corrected chi connectivity index (χ3v) is 5.89. The molecule has 0 saturated heterocycles. The number of para-hydroxylation sites is 2. The Morgan fingerprint density at radius 1 is 0.943 bits per heavy atom. The minimum Gasteiger partial charge on any atom is -0.453 e. The van der Waals surface area contributed by atoms with Crippen LogP contribution in [0.3, 0.4) is 0 Å². The van der Waals surface area contributed by atoms with Gasteiger partial charge in [0.25, 0.3) is 5.91 Å². The van der Waals surface area contributed by atoms with Crippen LogP contribution in [0.2, 0.25) is 0 Å². The van der Waals surface area contributed by atoms with Crippen molar-refractivity contribution in [1.29, 1.82) is 0 Å². The number of hydrogen-bond donors (Lipinski definition) is 1. The predicted molar refractivity (Wildman–Crippen MR) is 129 cm³/mol. The maximum absolute atomic E-state index is 13.0. The molecule has 0 bridgehead atoms. The molecule has 0 unspecified atom stereocenters. The van der Waals surface area contributed by atoms with E-state index in [1.54, 1.807) is 10.7 Å². The van der Waals surface area contributed by atoms with E-state index in [0.29, 0.717) is 29.5 Å². The van der Waals surface area contributed by atoms with E-state index in [4.69, 9.17) is 4.42 Å². The highest BCUT2D eigenvalue weighted by Gasteiger charge is 2.20. The van der Waals surface area contributed by atoms with Gasteiger partial charge in [-0.2, -0.15) is 5.10 Å². The Bertz CT molecular complexity index is 1680. The van der Waals surface area contributed by atoms with Gasteiger partial charge >= 0.3 is 0 Å². The Morgan fingerprint density at radius 2 is 1.77 bits per heavy atom. The van der Waals surface area contributed by atoms with E-state index in [-0.39, 0.29) is 29.7 Å². The molecule has 1 amide bonds. The molecule has 0 saturated carbocycles. The van der Waals surface area contributed by atoms with E-state index < -0.39 is 0 Å². The van der Waals surface area contributed by atoms with Gasteiger partial charge in [-0.1, -0.05) is 42.5 Å². The average molecular weight is 464 g/mol. The zero-order valence-corrected chi connectivity index (χ0v) is 18.6. The molecule has 0 aliphatic heterocycles. The maximum atomic E-state index is 13.0. The van der Waals surface area contributed by atoms with Gasteiger partial charge in [-0.05, 0) is 30.3 Å². The average Bonchev–Trinajstić information content (AvgIpc) is 3.60. The van der Waals surface area contributed by atoms with Gasteiger partial charge in [0.05, 0.1) is 5.52 Å². The van der Waals surface area contributed by atoms with Crippen molar-refractivity contribution >= 4 is 39.2 Å². The van der Waals surface area contributed by atoms with Crippen LogP contribution in [0.25, 0.3) is 27.5 Å². The van der Waals surface area contributed by atoms with Gasteiger partial charge in [-0.15, -0.1) is 10.2 Å². The summed E-state index contributed by atoms with van der Waals surface area (Å²) in [7, 11) is 0. The molecule has 4 aromatic heterocycles. The second-order valence-corrected chi connectivity index (χ2v) is 8.15. The van der Waals surface area contributed by atoms with Gasteiger partial charge in [0.15, 0.2) is 17.1 Å². The van der Waals surface area contributed by atoms with Crippen molar-refractivity contribution in [2.24, 2.45) is 0 Å². The highest BCUT2D eigenvalue weighted by Crippen LogP contribution is 2.22. The van der Waals surface area contributed by atoms with Gasteiger partial charge in [0.1, 0.15) is 18.0 Å². The first-order valence-corrected chi connectivity index (χ1v) is 11.2. The molecule has 1 N–H and O–H groups in total. The number of rotatable bonds is 7. The summed E-state index contributed by atoms with van der Waals surface area (Å²) in [6.07, 6.45) is 2.40. The van der Waals surface area contributed by atoms with Crippen molar-refractivity contribution < 1.29 is 14.0 Å². The van der Waals surface area contributed by atoms with Gasteiger partial charge < -0.3 is 9.73 Å². The van der Waals surface area contributed by atoms with Crippen LogP contribution in [0.4, 0.5) is 0 Å². The Hall–Kier alpha value is -4.79. The summed E-state index contributed by atoms with van der Waals surface area (Å²) in [5.41, 5.74) is 2.38. The molecular weight excluding hydrogens is 444 g/mol. The number of nitrogens with zero attached hydrogens (tertiary/aromatic N) is 5. The molecule has 6 rings (SSSR count). The lowest BCUT2D eigenvalue weighted by Gasteiger charge is -2.03. The minimum absolute atomic E-state index is 0.0423. The molecule has 0 aliphatic rings. The molecule has 172 valence electrons. The van der Waals surface area contributed by atoms with Gasteiger partial charge in [0.2, 0.25) is 5.78 Å². The quantitative estimate of drug-likeness (QED) is 0.361. The lowest BCUT2D eigenvalue weighted by molar-refractivity contribution is 0.0928. The summed E-state index contributed by atoms with van der Waals surface area (Å²) in [5, 5.41) is 17.3. The Morgan fingerprint density at radius 3 is 2.69 bits per heavy atom. The third kappa shape index (κ3) is 3.82. The van der Waals surface area contributed by atoms with Crippen LogP contribution in [0.15, 0.2) is 83.4 Å². The number of carbonyl (C=O) groups is 2. The predicted octanol–water partition coefficient (Wildman–Crippen LogP) is 3.68. The number of carbonyl (C=O) groups excluding carboxylic acids is 2. The Labute approximate surface area is 199 Å². The summed E-state index contributed by atoms with van der Waals surface area (Å²) in [5.74, 6) is 0.482. The summed E-state index contributed by atoms with van der Waals surface area (Å²) >= 11 is 0. The van der Waals surface area contributed by atoms with Crippen LogP contribution in [-0.2, 0) is 13.0 Å². The Kier molecular flexibility index (Phi) is 5.07. The number of benzene rings is 2. The van der Waals surface area contributed by atoms with Crippen molar-refractivity contribution in [1.82, 2.24) is 29.7 Å². The fourth-order valence-electron chi connectivity index (χ4n) is 4.18. The second-order valence-electron chi connectivity index (χ2n) is 8.15. The standard InChI is InChI=1S/C26H20N6O3/c33-20(22-15-17-7-1-4-10-21(17)35-22)16-32-19-9-3-2-8-18(19)25(30-32)26(34)27-13-12-24-29-28-23-11-5-6-14-31(23)24/h1-11,14-15H,12-13,16H2,(H,27,34). The third-order valence-electron chi connectivity index (χ3n) is 5.89. The number of furan rings is 1. The number of hydrogen-bond acceptors (Lipinski definition) is 6. The van der Waals surface area contributed by atoms with E-state index in [1.807, 2.05) is 77.3 Å².